The van der Waals surface area contributed by atoms with Crippen LogP contribution < -0.4 is 5.32 Å². The van der Waals surface area contributed by atoms with Gasteiger partial charge in [-0.1, -0.05) is 37.8 Å². The molecule has 5 heteroatoms. The van der Waals surface area contributed by atoms with Crippen molar-refractivity contribution in [1.82, 2.24) is 5.32 Å². The lowest BCUT2D eigenvalue weighted by Gasteiger charge is -2.36. The van der Waals surface area contributed by atoms with Crippen LogP contribution in [0.25, 0.3) is 0 Å². The van der Waals surface area contributed by atoms with E-state index in [1.54, 1.807) is 6.07 Å². The summed E-state index contributed by atoms with van der Waals surface area (Å²) in [5.41, 5.74) is 0.145. The third-order valence-corrected chi connectivity index (χ3v) is 4.87. The number of unbranched alkanes of at least 4 members (excludes halogenated alkanes) is 2. The van der Waals surface area contributed by atoms with Gasteiger partial charge in [0.2, 0.25) is 5.91 Å². The average molecular weight is 335 g/mol. The summed E-state index contributed by atoms with van der Waals surface area (Å²) in [6, 6.07) is 6.40. The van der Waals surface area contributed by atoms with Crippen molar-refractivity contribution in [3.8, 4) is 0 Å². The number of amides is 1. The number of nitrogens with one attached hydrogen (secondary N) is 1. The van der Waals surface area contributed by atoms with Gasteiger partial charge in [-0.05, 0) is 43.4 Å². The number of hydrogen-bond acceptors (Lipinski definition) is 2. The summed E-state index contributed by atoms with van der Waals surface area (Å²) in [7, 11) is 0. The zero-order valence-electron chi connectivity index (χ0n) is 14.0. The summed E-state index contributed by atoms with van der Waals surface area (Å²) in [5, 5.41) is 11.6. The number of carbonyl (C=O) groups excluding carboxylic acids is 1. The highest BCUT2D eigenvalue weighted by Crippen LogP contribution is 2.40. The number of carboxylic acid groups (broad SMARTS) is 1. The van der Waals surface area contributed by atoms with Gasteiger partial charge in [-0.2, -0.15) is 0 Å². The Morgan fingerprint density at radius 1 is 1.12 bits per heavy atom. The van der Waals surface area contributed by atoms with Gasteiger partial charge in [-0.15, -0.1) is 0 Å². The van der Waals surface area contributed by atoms with Crippen LogP contribution in [0.4, 0.5) is 4.39 Å². The Labute approximate surface area is 142 Å². The van der Waals surface area contributed by atoms with Gasteiger partial charge >= 0.3 is 5.97 Å². The predicted octanol–water partition coefficient (Wildman–Crippen LogP) is 3.79. The lowest BCUT2D eigenvalue weighted by atomic mass is 9.68. The van der Waals surface area contributed by atoms with Crippen LogP contribution in [-0.4, -0.2) is 23.5 Å². The first-order valence-electron chi connectivity index (χ1n) is 8.81. The van der Waals surface area contributed by atoms with E-state index in [2.05, 4.69) is 5.32 Å². The van der Waals surface area contributed by atoms with Crippen molar-refractivity contribution in [2.24, 2.45) is 0 Å². The zero-order valence-corrected chi connectivity index (χ0v) is 14.0. The fourth-order valence-corrected chi connectivity index (χ4v) is 3.54. The summed E-state index contributed by atoms with van der Waals surface area (Å²) >= 11 is 0. The van der Waals surface area contributed by atoms with Crippen molar-refractivity contribution in [2.45, 2.75) is 63.2 Å². The minimum absolute atomic E-state index is 0.0222. The molecule has 0 atom stereocenters. The fraction of sp³-hybridized carbons (Fsp3) is 0.579. The normalized spacial score (nSPS) is 16.5. The van der Waals surface area contributed by atoms with E-state index >= 15 is 0 Å². The quantitative estimate of drug-likeness (QED) is 0.710. The maximum Gasteiger partial charge on any atom is 0.303 e. The summed E-state index contributed by atoms with van der Waals surface area (Å²) in [6.45, 7) is 0.537. The first-order chi connectivity index (χ1) is 11.5. The van der Waals surface area contributed by atoms with Crippen LogP contribution in [-0.2, 0) is 15.0 Å². The van der Waals surface area contributed by atoms with Crippen LogP contribution in [0.15, 0.2) is 24.3 Å². The van der Waals surface area contributed by atoms with Crippen LogP contribution in [0.2, 0.25) is 0 Å². The SMILES string of the molecule is O=C(O)CCCCCNC(=O)C1(c2cccc(F)c2)CCCCC1. The Hall–Kier alpha value is -1.91. The van der Waals surface area contributed by atoms with E-state index in [4.69, 9.17) is 5.11 Å². The summed E-state index contributed by atoms with van der Waals surface area (Å²) in [4.78, 5) is 23.3. The molecule has 1 amide bonds. The Balaban J connectivity index is 1.95. The lowest BCUT2D eigenvalue weighted by Crippen LogP contribution is -2.46. The molecule has 1 aromatic carbocycles. The highest BCUT2D eigenvalue weighted by molar-refractivity contribution is 5.88. The van der Waals surface area contributed by atoms with Gasteiger partial charge in [0, 0.05) is 13.0 Å². The minimum Gasteiger partial charge on any atom is -0.481 e. The number of hydrogen-bond donors (Lipinski definition) is 2. The van der Waals surface area contributed by atoms with Gasteiger partial charge in [-0.25, -0.2) is 4.39 Å². The first kappa shape index (κ1) is 18.4. The third-order valence-electron chi connectivity index (χ3n) is 4.87. The van der Waals surface area contributed by atoms with Crippen molar-refractivity contribution in [2.75, 3.05) is 6.54 Å². The molecule has 0 unspecified atom stereocenters. The minimum atomic E-state index is -0.786. The molecule has 1 aromatic rings. The second-order valence-electron chi connectivity index (χ2n) is 6.61. The van der Waals surface area contributed by atoms with E-state index in [9.17, 15) is 14.0 Å². The van der Waals surface area contributed by atoms with Crippen LogP contribution in [0, 0.1) is 5.82 Å². The molecule has 132 valence electrons. The zero-order chi connectivity index (χ0) is 17.4. The van der Waals surface area contributed by atoms with E-state index in [0.29, 0.717) is 13.0 Å². The molecule has 0 saturated heterocycles. The van der Waals surface area contributed by atoms with Gasteiger partial charge in [0.1, 0.15) is 5.82 Å². The molecule has 1 aliphatic rings. The number of aliphatic carboxylic acids is 1. The molecule has 4 nitrogen and oxygen atoms in total. The molecule has 0 heterocycles. The molecule has 24 heavy (non-hydrogen) atoms. The summed E-state index contributed by atoms with van der Waals surface area (Å²) in [5.74, 6) is -1.11. The van der Waals surface area contributed by atoms with Crippen LogP contribution in [0.5, 0.6) is 0 Å². The first-order valence-corrected chi connectivity index (χ1v) is 8.81. The number of carbonyl (C=O) groups is 2. The fourth-order valence-electron chi connectivity index (χ4n) is 3.54. The van der Waals surface area contributed by atoms with E-state index in [1.807, 2.05) is 6.07 Å². The van der Waals surface area contributed by atoms with Gasteiger partial charge in [0.05, 0.1) is 5.41 Å². The second kappa shape index (κ2) is 8.81. The second-order valence-corrected chi connectivity index (χ2v) is 6.61. The van der Waals surface area contributed by atoms with Crippen LogP contribution >= 0.6 is 0 Å². The average Bonchev–Trinajstić information content (AvgIpc) is 2.58. The van der Waals surface area contributed by atoms with Gasteiger partial charge in [0.25, 0.3) is 0 Å². The topological polar surface area (TPSA) is 66.4 Å². The third kappa shape index (κ3) is 4.79. The summed E-state index contributed by atoms with van der Waals surface area (Å²) < 4.78 is 13.6. The van der Waals surface area contributed by atoms with Gasteiger partial charge < -0.3 is 10.4 Å². The Bertz CT molecular complexity index is 567. The molecule has 0 spiro atoms. The van der Waals surface area contributed by atoms with E-state index in [-0.39, 0.29) is 18.1 Å². The molecule has 1 fully saturated rings. The Kier molecular flexibility index (Phi) is 6.76. The maximum atomic E-state index is 13.6. The monoisotopic (exact) mass is 335 g/mol. The highest BCUT2D eigenvalue weighted by atomic mass is 19.1. The van der Waals surface area contributed by atoms with Crippen molar-refractivity contribution >= 4 is 11.9 Å². The summed E-state index contributed by atoms with van der Waals surface area (Å²) in [6.07, 6.45) is 6.90. The number of carboxylic acids is 1. The van der Waals surface area contributed by atoms with Crippen molar-refractivity contribution < 1.29 is 19.1 Å². The van der Waals surface area contributed by atoms with E-state index < -0.39 is 11.4 Å². The van der Waals surface area contributed by atoms with Crippen molar-refractivity contribution in [3.63, 3.8) is 0 Å². The van der Waals surface area contributed by atoms with Crippen LogP contribution in [0.1, 0.15) is 63.4 Å². The molecular weight excluding hydrogens is 309 g/mol. The molecule has 2 rings (SSSR count). The molecule has 0 aliphatic heterocycles. The molecule has 2 N–H and O–H groups in total. The molecule has 0 aromatic heterocycles. The molecule has 1 aliphatic carbocycles. The van der Waals surface area contributed by atoms with Gasteiger partial charge in [-0.3, -0.25) is 9.59 Å². The van der Waals surface area contributed by atoms with Crippen LogP contribution in [0.3, 0.4) is 0 Å². The molecule has 0 radical (unpaired) electrons. The number of benzene rings is 1. The number of rotatable bonds is 8. The van der Waals surface area contributed by atoms with Crippen molar-refractivity contribution in [1.29, 1.82) is 0 Å². The lowest BCUT2D eigenvalue weighted by molar-refractivity contribution is -0.137. The largest absolute Gasteiger partial charge is 0.481 e. The highest BCUT2D eigenvalue weighted by Gasteiger charge is 2.40. The molecule has 1 saturated carbocycles. The van der Waals surface area contributed by atoms with Crippen molar-refractivity contribution in [3.05, 3.63) is 35.6 Å². The Morgan fingerprint density at radius 2 is 1.88 bits per heavy atom. The molecular formula is C19H26FNO3. The predicted molar refractivity (Wildman–Crippen MR) is 90.3 cm³/mol. The van der Waals surface area contributed by atoms with E-state index in [1.165, 1.54) is 12.1 Å². The van der Waals surface area contributed by atoms with Gasteiger partial charge in [0.15, 0.2) is 0 Å². The number of halogens is 1. The molecule has 0 bridgehead atoms. The Morgan fingerprint density at radius 3 is 2.54 bits per heavy atom. The standard InChI is InChI=1S/C19H26FNO3/c20-16-9-7-8-15(14-16)19(11-4-2-5-12-19)18(24)21-13-6-1-3-10-17(22)23/h7-9,14H,1-6,10-13H2,(H,21,24)(H,22,23). The van der Waals surface area contributed by atoms with E-state index in [0.717, 1.165) is 50.5 Å². The smallest absolute Gasteiger partial charge is 0.303 e. The maximum absolute atomic E-state index is 13.6.